The Labute approximate surface area is 119 Å². The molecule has 2 N–H and O–H groups in total. The monoisotopic (exact) mass is 281 g/mol. The molecular weight excluding hydrogens is 258 g/mol. The van der Waals surface area contributed by atoms with E-state index >= 15 is 0 Å². The van der Waals surface area contributed by atoms with Crippen LogP contribution in [0.2, 0.25) is 0 Å². The zero-order valence-corrected chi connectivity index (χ0v) is 12.2. The summed E-state index contributed by atoms with van der Waals surface area (Å²) < 4.78 is 4.97. The lowest BCUT2D eigenvalue weighted by Gasteiger charge is -2.27. The lowest BCUT2D eigenvalue weighted by molar-refractivity contribution is 0.0526. The Kier molecular flexibility index (Phi) is 6.48. The molecule has 0 saturated carbocycles. The number of hydrogen-bond donors (Lipinski definition) is 2. The van der Waals surface area contributed by atoms with Crippen molar-refractivity contribution in [3.8, 4) is 0 Å². The van der Waals surface area contributed by atoms with Gasteiger partial charge in [-0.1, -0.05) is 6.07 Å². The van der Waals surface area contributed by atoms with Crippen LogP contribution in [0.3, 0.4) is 0 Å². The Morgan fingerprint density at radius 1 is 1.25 bits per heavy atom. The number of aliphatic hydroxyl groups is 2. The molecule has 2 atom stereocenters. The first-order chi connectivity index (χ1) is 9.43. The van der Waals surface area contributed by atoms with Crippen molar-refractivity contribution in [3.05, 3.63) is 29.8 Å². The van der Waals surface area contributed by atoms with Crippen LogP contribution in [0.25, 0.3) is 0 Å². The van der Waals surface area contributed by atoms with Gasteiger partial charge in [-0.25, -0.2) is 4.79 Å². The fourth-order valence-electron chi connectivity index (χ4n) is 1.97. The number of carbonyl (C=O) groups excluding carboxylic acids is 1. The van der Waals surface area contributed by atoms with Crippen molar-refractivity contribution < 1.29 is 19.7 Å². The van der Waals surface area contributed by atoms with E-state index in [-0.39, 0.29) is 5.97 Å². The smallest absolute Gasteiger partial charge is 0.338 e. The van der Waals surface area contributed by atoms with Gasteiger partial charge in [0.15, 0.2) is 0 Å². The van der Waals surface area contributed by atoms with Crippen LogP contribution in [-0.4, -0.2) is 48.1 Å². The van der Waals surface area contributed by atoms with Crippen molar-refractivity contribution in [1.29, 1.82) is 0 Å². The maximum Gasteiger partial charge on any atom is 0.338 e. The predicted molar refractivity (Wildman–Crippen MR) is 78.0 cm³/mol. The molecule has 0 saturated heterocycles. The standard InChI is InChI=1S/C15H23NO4/c1-4-20-15(19)13-6-5-7-14(8-13)16(9-11(2)17)10-12(3)18/h5-8,11-12,17-18H,4,9-10H2,1-3H3. The van der Waals surface area contributed by atoms with E-state index in [1.807, 2.05) is 11.0 Å². The second-order valence-corrected chi connectivity index (χ2v) is 4.87. The molecule has 0 aliphatic rings. The van der Waals surface area contributed by atoms with Crippen LogP contribution >= 0.6 is 0 Å². The molecule has 0 bridgehead atoms. The molecular formula is C15H23NO4. The highest BCUT2D eigenvalue weighted by Gasteiger charge is 2.14. The molecule has 0 aromatic heterocycles. The van der Waals surface area contributed by atoms with E-state index in [0.717, 1.165) is 5.69 Å². The molecule has 1 rings (SSSR count). The quantitative estimate of drug-likeness (QED) is 0.740. The summed E-state index contributed by atoms with van der Waals surface area (Å²) in [5.74, 6) is -0.372. The van der Waals surface area contributed by atoms with Crippen LogP contribution < -0.4 is 4.90 Å². The number of anilines is 1. The van der Waals surface area contributed by atoms with Gasteiger partial charge in [0.25, 0.3) is 0 Å². The first kappa shape index (κ1) is 16.5. The molecule has 0 radical (unpaired) electrons. The maximum absolute atomic E-state index is 11.7. The molecule has 20 heavy (non-hydrogen) atoms. The largest absolute Gasteiger partial charge is 0.462 e. The third-order valence-corrected chi connectivity index (χ3v) is 2.69. The van der Waals surface area contributed by atoms with Gasteiger partial charge in [-0.3, -0.25) is 0 Å². The number of aliphatic hydroxyl groups excluding tert-OH is 2. The lowest BCUT2D eigenvalue weighted by Crippen LogP contribution is -2.36. The van der Waals surface area contributed by atoms with Gasteiger partial charge < -0.3 is 19.8 Å². The highest BCUT2D eigenvalue weighted by Crippen LogP contribution is 2.18. The summed E-state index contributed by atoms with van der Waals surface area (Å²) in [5.41, 5.74) is 1.24. The highest BCUT2D eigenvalue weighted by molar-refractivity contribution is 5.90. The van der Waals surface area contributed by atoms with E-state index in [1.54, 1.807) is 39.0 Å². The Hall–Kier alpha value is -1.59. The molecule has 2 unspecified atom stereocenters. The van der Waals surface area contributed by atoms with Crippen molar-refractivity contribution in [2.75, 3.05) is 24.6 Å². The molecule has 1 aromatic carbocycles. The summed E-state index contributed by atoms with van der Waals surface area (Å²) in [5, 5.41) is 19.1. The zero-order chi connectivity index (χ0) is 15.1. The SMILES string of the molecule is CCOC(=O)c1cccc(N(CC(C)O)CC(C)O)c1. The zero-order valence-electron chi connectivity index (χ0n) is 12.2. The summed E-state index contributed by atoms with van der Waals surface area (Å²) in [4.78, 5) is 13.6. The number of hydrogen-bond acceptors (Lipinski definition) is 5. The normalized spacial score (nSPS) is 13.7. The minimum absolute atomic E-state index is 0.328. The summed E-state index contributed by atoms with van der Waals surface area (Å²) in [6, 6.07) is 7.00. The van der Waals surface area contributed by atoms with Crippen molar-refractivity contribution in [2.45, 2.75) is 33.0 Å². The van der Waals surface area contributed by atoms with Crippen LogP contribution in [0.5, 0.6) is 0 Å². The minimum Gasteiger partial charge on any atom is -0.462 e. The molecule has 0 aliphatic heterocycles. The van der Waals surface area contributed by atoms with Crippen molar-refractivity contribution in [1.82, 2.24) is 0 Å². The van der Waals surface area contributed by atoms with E-state index in [2.05, 4.69) is 0 Å². The second-order valence-electron chi connectivity index (χ2n) is 4.87. The van der Waals surface area contributed by atoms with E-state index in [9.17, 15) is 15.0 Å². The first-order valence-corrected chi connectivity index (χ1v) is 6.82. The maximum atomic E-state index is 11.7. The second kappa shape index (κ2) is 7.87. The average Bonchev–Trinajstić information content (AvgIpc) is 2.37. The van der Waals surface area contributed by atoms with E-state index in [0.29, 0.717) is 25.3 Å². The molecule has 0 aliphatic carbocycles. The Balaban J connectivity index is 2.95. The number of carbonyl (C=O) groups is 1. The molecule has 0 spiro atoms. The van der Waals surface area contributed by atoms with E-state index in [1.165, 1.54) is 0 Å². The Morgan fingerprint density at radius 3 is 2.35 bits per heavy atom. The van der Waals surface area contributed by atoms with Crippen LogP contribution in [-0.2, 0) is 4.74 Å². The average molecular weight is 281 g/mol. The number of esters is 1. The third kappa shape index (κ3) is 5.19. The number of ether oxygens (including phenoxy) is 1. The summed E-state index contributed by atoms with van der Waals surface area (Å²) in [6.45, 7) is 6.23. The molecule has 112 valence electrons. The molecule has 5 nitrogen and oxygen atoms in total. The van der Waals surface area contributed by atoms with Gasteiger partial charge in [-0.15, -0.1) is 0 Å². The van der Waals surface area contributed by atoms with Gasteiger partial charge in [0, 0.05) is 18.8 Å². The number of nitrogens with zero attached hydrogens (tertiary/aromatic N) is 1. The van der Waals surface area contributed by atoms with E-state index < -0.39 is 12.2 Å². The molecule has 0 amide bonds. The fraction of sp³-hybridized carbons (Fsp3) is 0.533. The fourth-order valence-corrected chi connectivity index (χ4v) is 1.97. The van der Waals surface area contributed by atoms with Gasteiger partial charge >= 0.3 is 5.97 Å². The Bertz CT molecular complexity index is 422. The van der Waals surface area contributed by atoms with Crippen LogP contribution in [0.4, 0.5) is 5.69 Å². The lowest BCUT2D eigenvalue weighted by atomic mass is 10.1. The van der Waals surface area contributed by atoms with Crippen molar-refractivity contribution >= 4 is 11.7 Å². The summed E-state index contributed by atoms with van der Waals surface area (Å²) >= 11 is 0. The number of rotatable bonds is 7. The Morgan fingerprint density at radius 2 is 1.85 bits per heavy atom. The van der Waals surface area contributed by atoms with Gasteiger partial charge in [-0.2, -0.15) is 0 Å². The predicted octanol–water partition coefficient (Wildman–Crippen LogP) is 1.43. The van der Waals surface area contributed by atoms with E-state index in [4.69, 9.17) is 4.74 Å². The van der Waals surface area contributed by atoms with Gasteiger partial charge in [0.2, 0.25) is 0 Å². The van der Waals surface area contributed by atoms with Crippen molar-refractivity contribution in [2.24, 2.45) is 0 Å². The molecule has 5 heteroatoms. The molecule has 1 aromatic rings. The van der Waals surface area contributed by atoms with Gasteiger partial charge in [-0.05, 0) is 39.0 Å². The molecule has 0 heterocycles. The first-order valence-electron chi connectivity index (χ1n) is 6.82. The van der Waals surface area contributed by atoms with Crippen LogP contribution in [0, 0.1) is 0 Å². The van der Waals surface area contributed by atoms with Gasteiger partial charge in [0.05, 0.1) is 24.4 Å². The van der Waals surface area contributed by atoms with Gasteiger partial charge in [0.1, 0.15) is 0 Å². The molecule has 0 fully saturated rings. The van der Waals surface area contributed by atoms with Crippen molar-refractivity contribution in [3.63, 3.8) is 0 Å². The minimum atomic E-state index is -0.528. The highest BCUT2D eigenvalue weighted by atomic mass is 16.5. The summed E-state index contributed by atoms with van der Waals surface area (Å²) in [6.07, 6.45) is -1.06. The third-order valence-electron chi connectivity index (χ3n) is 2.69. The summed E-state index contributed by atoms with van der Waals surface area (Å²) in [7, 11) is 0. The van der Waals surface area contributed by atoms with Crippen LogP contribution in [0.15, 0.2) is 24.3 Å². The van der Waals surface area contributed by atoms with Crippen LogP contribution in [0.1, 0.15) is 31.1 Å². The number of benzene rings is 1. The topological polar surface area (TPSA) is 70.0 Å².